The molecular weight excluding hydrogens is 394 g/mol. The van der Waals surface area contributed by atoms with Gasteiger partial charge in [0.05, 0.1) is 11.8 Å². The van der Waals surface area contributed by atoms with Gasteiger partial charge in [0.15, 0.2) is 0 Å². The average molecular weight is 416 g/mol. The van der Waals surface area contributed by atoms with E-state index in [1.54, 1.807) is 0 Å². The molecule has 0 aliphatic carbocycles. The number of fused-ring (bicyclic) bond motifs is 1. The highest BCUT2D eigenvalue weighted by Gasteiger charge is 2.13. The van der Waals surface area contributed by atoms with E-state index in [-0.39, 0.29) is 17.6 Å². The lowest BCUT2D eigenvalue weighted by Gasteiger charge is -2.15. The first-order valence-corrected chi connectivity index (χ1v) is 10.5. The van der Waals surface area contributed by atoms with Crippen molar-refractivity contribution >= 4 is 40.2 Å². The van der Waals surface area contributed by atoms with Gasteiger partial charge in [0, 0.05) is 22.2 Å². The number of hydrogen-bond donors (Lipinski definition) is 1. The maximum Gasteiger partial charge on any atom is 0.336 e. The molecule has 0 spiro atoms. The van der Waals surface area contributed by atoms with Crippen LogP contribution < -0.4 is 10.9 Å². The molecule has 28 heavy (non-hydrogen) atoms. The number of halogens is 1. The molecule has 0 aliphatic rings. The van der Waals surface area contributed by atoms with Gasteiger partial charge in [0.2, 0.25) is 5.91 Å². The van der Waals surface area contributed by atoms with Crippen molar-refractivity contribution < 1.29 is 9.21 Å². The number of carbonyl (C=O) groups excluding carboxylic acids is 1. The van der Waals surface area contributed by atoms with Crippen molar-refractivity contribution in [2.24, 2.45) is 0 Å². The molecule has 3 aromatic rings. The third-order valence-electron chi connectivity index (χ3n) is 4.68. The second kappa shape index (κ2) is 8.84. The Hall–Kier alpha value is -2.24. The van der Waals surface area contributed by atoms with Gasteiger partial charge in [-0.05, 0) is 61.2 Å². The Balaban J connectivity index is 1.65. The Bertz CT molecular complexity index is 1080. The minimum Gasteiger partial charge on any atom is -0.423 e. The minimum atomic E-state index is -0.372. The maximum absolute atomic E-state index is 12.3. The molecular formula is C22H22ClNO3S. The highest BCUT2D eigenvalue weighted by atomic mass is 35.5. The Morgan fingerprint density at radius 1 is 1.18 bits per heavy atom. The second-order valence-electron chi connectivity index (χ2n) is 6.83. The minimum absolute atomic E-state index is 0.0725. The Labute approximate surface area is 173 Å². The van der Waals surface area contributed by atoms with Gasteiger partial charge >= 0.3 is 5.63 Å². The van der Waals surface area contributed by atoms with E-state index in [0.717, 1.165) is 27.6 Å². The Kier molecular flexibility index (Phi) is 6.47. The lowest BCUT2D eigenvalue weighted by atomic mass is 10.0. The van der Waals surface area contributed by atoms with Crippen LogP contribution in [-0.2, 0) is 10.5 Å². The summed E-state index contributed by atoms with van der Waals surface area (Å²) >= 11 is 7.65. The van der Waals surface area contributed by atoms with Crippen molar-refractivity contribution in [3.63, 3.8) is 0 Å². The van der Waals surface area contributed by atoms with Crippen LogP contribution in [0.3, 0.4) is 0 Å². The van der Waals surface area contributed by atoms with Crippen molar-refractivity contribution in [1.29, 1.82) is 0 Å². The van der Waals surface area contributed by atoms with Crippen LogP contribution in [0.2, 0.25) is 5.02 Å². The van der Waals surface area contributed by atoms with Crippen LogP contribution in [0.25, 0.3) is 11.0 Å². The molecule has 1 atom stereocenters. The molecule has 0 aliphatic heterocycles. The van der Waals surface area contributed by atoms with Crippen molar-refractivity contribution in [2.75, 3.05) is 5.75 Å². The third kappa shape index (κ3) is 4.78. The number of carbonyl (C=O) groups is 1. The zero-order valence-corrected chi connectivity index (χ0v) is 17.6. The third-order valence-corrected chi connectivity index (χ3v) is 6.01. The fourth-order valence-electron chi connectivity index (χ4n) is 3.04. The standard InChI is InChI=1S/C22H22ClNO3S/c1-13-8-18-16(10-22(26)27-20(18)9-14(13)2)11-28-12-21(25)24-15(3)17-6-4-5-7-19(17)23/h4-10,15H,11-12H2,1-3H3,(H,24,25)/t15-/m1/s1. The van der Waals surface area contributed by atoms with Crippen LogP contribution in [0.5, 0.6) is 0 Å². The predicted molar refractivity (Wildman–Crippen MR) is 116 cm³/mol. The van der Waals surface area contributed by atoms with E-state index in [9.17, 15) is 9.59 Å². The molecule has 1 amide bonds. The first-order chi connectivity index (χ1) is 13.3. The van der Waals surface area contributed by atoms with Crippen LogP contribution in [0.1, 0.15) is 35.2 Å². The van der Waals surface area contributed by atoms with Gasteiger partial charge in [0.25, 0.3) is 0 Å². The highest BCUT2D eigenvalue weighted by Crippen LogP contribution is 2.25. The molecule has 6 heteroatoms. The van der Waals surface area contributed by atoms with Crippen molar-refractivity contribution in [3.8, 4) is 0 Å². The molecule has 146 valence electrons. The summed E-state index contributed by atoms with van der Waals surface area (Å²) in [6.07, 6.45) is 0. The summed E-state index contributed by atoms with van der Waals surface area (Å²) in [7, 11) is 0. The normalized spacial score (nSPS) is 12.1. The number of hydrogen-bond acceptors (Lipinski definition) is 4. The van der Waals surface area contributed by atoms with Crippen molar-refractivity contribution in [1.82, 2.24) is 5.32 Å². The zero-order valence-electron chi connectivity index (χ0n) is 16.0. The summed E-state index contributed by atoms with van der Waals surface area (Å²) < 4.78 is 5.32. The van der Waals surface area contributed by atoms with E-state index < -0.39 is 0 Å². The lowest BCUT2D eigenvalue weighted by molar-refractivity contribution is -0.119. The molecule has 1 aromatic heterocycles. The topological polar surface area (TPSA) is 59.3 Å². The number of thioether (sulfide) groups is 1. The van der Waals surface area contributed by atoms with Gasteiger partial charge in [-0.1, -0.05) is 29.8 Å². The summed E-state index contributed by atoms with van der Waals surface area (Å²) in [5.74, 6) is 0.775. The fourth-order valence-corrected chi connectivity index (χ4v) is 4.17. The molecule has 0 unspecified atom stereocenters. The smallest absolute Gasteiger partial charge is 0.336 e. The largest absolute Gasteiger partial charge is 0.423 e. The van der Waals surface area contributed by atoms with Crippen molar-refractivity contribution in [2.45, 2.75) is 32.6 Å². The summed E-state index contributed by atoms with van der Waals surface area (Å²) in [5.41, 5.74) is 4.20. The van der Waals surface area contributed by atoms with E-state index >= 15 is 0 Å². The summed E-state index contributed by atoms with van der Waals surface area (Å²) in [6, 6.07) is 12.7. The number of rotatable bonds is 6. The van der Waals surface area contributed by atoms with Gasteiger partial charge in [0.1, 0.15) is 5.58 Å². The summed E-state index contributed by atoms with van der Waals surface area (Å²) in [4.78, 5) is 24.2. The Morgan fingerprint density at radius 2 is 1.89 bits per heavy atom. The van der Waals surface area contributed by atoms with Crippen LogP contribution in [-0.4, -0.2) is 11.7 Å². The van der Waals surface area contributed by atoms with Crippen LogP contribution in [0.15, 0.2) is 51.7 Å². The molecule has 0 saturated carbocycles. The average Bonchev–Trinajstić information content (AvgIpc) is 2.63. The molecule has 0 radical (unpaired) electrons. The molecule has 1 heterocycles. The fraction of sp³-hybridized carbons (Fsp3) is 0.273. The predicted octanol–water partition coefficient (Wildman–Crippen LogP) is 5.17. The monoisotopic (exact) mass is 415 g/mol. The molecule has 1 N–H and O–H groups in total. The summed E-state index contributed by atoms with van der Waals surface area (Å²) in [6.45, 7) is 5.92. The van der Waals surface area contributed by atoms with E-state index in [0.29, 0.717) is 22.1 Å². The molecule has 0 fully saturated rings. The first-order valence-electron chi connectivity index (χ1n) is 9.00. The van der Waals surface area contributed by atoms with Crippen LogP contribution in [0.4, 0.5) is 0 Å². The number of benzene rings is 2. The zero-order chi connectivity index (χ0) is 20.3. The van der Waals surface area contributed by atoms with E-state index in [2.05, 4.69) is 5.32 Å². The molecule has 0 bridgehead atoms. The molecule has 4 nitrogen and oxygen atoms in total. The second-order valence-corrected chi connectivity index (χ2v) is 8.22. The quantitative estimate of drug-likeness (QED) is 0.564. The van der Waals surface area contributed by atoms with Gasteiger partial charge in [-0.3, -0.25) is 4.79 Å². The SMILES string of the molecule is Cc1cc2oc(=O)cc(CSCC(=O)N[C@H](C)c3ccccc3Cl)c2cc1C. The molecule has 0 saturated heterocycles. The summed E-state index contributed by atoms with van der Waals surface area (Å²) in [5, 5.41) is 4.52. The van der Waals surface area contributed by atoms with E-state index in [4.69, 9.17) is 16.0 Å². The van der Waals surface area contributed by atoms with Crippen LogP contribution in [0, 0.1) is 13.8 Å². The maximum atomic E-state index is 12.3. The lowest BCUT2D eigenvalue weighted by Crippen LogP contribution is -2.28. The van der Waals surface area contributed by atoms with Gasteiger partial charge < -0.3 is 9.73 Å². The van der Waals surface area contributed by atoms with E-state index in [1.165, 1.54) is 17.8 Å². The van der Waals surface area contributed by atoms with Crippen LogP contribution >= 0.6 is 23.4 Å². The Morgan fingerprint density at radius 3 is 2.64 bits per heavy atom. The van der Waals surface area contributed by atoms with Crippen molar-refractivity contribution in [3.05, 3.63) is 80.2 Å². The number of nitrogens with one attached hydrogen (secondary N) is 1. The molecule has 2 aromatic carbocycles. The number of aryl methyl sites for hydroxylation is 2. The van der Waals surface area contributed by atoms with Gasteiger partial charge in [-0.2, -0.15) is 0 Å². The highest BCUT2D eigenvalue weighted by molar-refractivity contribution is 7.99. The van der Waals surface area contributed by atoms with E-state index in [1.807, 2.05) is 57.2 Å². The van der Waals surface area contributed by atoms with Gasteiger partial charge in [-0.15, -0.1) is 11.8 Å². The molecule has 3 rings (SSSR count). The number of amides is 1. The first kappa shape index (κ1) is 20.5. The van der Waals surface area contributed by atoms with Gasteiger partial charge in [-0.25, -0.2) is 4.79 Å².